The summed E-state index contributed by atoms with van der Waals surface area (Å²) in [5.74, 6) is -1.59. The average Bonchev–Trinajstić information content (AvgIpc) is 2.34. The van der Waals surface area contributed by atoms with E-state index < -0.39 is 23.2 Å². The van der Waals surface area contributed by atoms with Crippen molar-refractivity contribution in [1.29, 1.82) is 5.26 Å². The average molecular weight is 261 g/mol. The highest BCUT2D eigenvalue weighted by atomic mass is 19.1. The van der Waals surface area contributed by atoms with Crippen LogP contribution < -0.4 is 10.2 Å². The summed E-state index contributed by atoms with van der Waals surface area (Å²) < 4.78 is 14.0. The van der Waals surface area contributed by atoms with Crippen molar-refractivity contribution in [2.24, 2.45) is 0 Å². The molecule has 1 aliphatic heterocycles. The monoisotopic (exact) mass is 261 g/mol. The zero-order valence-corrected chi connectivity index (χ0v) is 10.5. The van der Waals surface area contributed by atoms with Gasteiger partial charge in [0.2, 0.25) is 5.91 Å². The molecule has 6 heteroatoms. The van der Waals surface area contributed by atoms with Gasteiger partial charge in [0.1, 0.15) is 11.4 Å². The van der Waals surface area contributed by atoms with Gasteiger partial charge in [0.05, 0.1) is 23.9 Å². The lowest BCUT2D eigenvalue weighted by atomic mass is 9.97. The van der Waals surface area contributed by atoms with E-state index in [2.05, 4.69) is 5.32 Å². The van der Waals surface area contributed by atoms with Crippen LogP contribution in [0.4, 0.5) is 10.1 Å². The summed E-state index contributed by atoms with van der Waals surface area (Å²) in [6.07, 6.45) is 0. The van der Waals surface area contributed by atoms with Crippen molar-refractivity contribution in [3.8, 4) is 6.07 Å². The van der Waals surface area contributed by atoms with Gasteiger partial charge in [0.25, 0.3) is 5.91 Å². The van der Waals surface area contributed by atoms with Crippen LogP contribution in [0.3, 0.4) is 0 Å². The van der Waals surface area contributed by atoms with E-state index in [0.717, 1.165) is 6.07 Å². The van der Waals surface area contributed by atoms with Crippen LogP contribution >= 0.6 is 0 Å². The third-order valence-electron chi connectivity index (χ3n) is 3.15. The zero-order valence-electron chi connectivity index (χ0n) is 10.5. The lowest BCUT2D eigenvalue weighted by Crippen LogP contribution is -2.64. The van der Waals surface area contributed by atoms with Crippen molar-refractivity contribution in [2.75, 3.05) is 11.4 Å². The molecule has 1 aromatic rings. The van der Waals surface area contributed by atoms with Crippen LogP contribution in [0.15, 0.2) is 18.2 Å². The SMILES string of the molecule is CC1(C)C(=O)NC(=O)CN1c1ccc(C#N)cc1F. The molecule has 98 valence electrons. The van der Waals surface area contributed by atoms with Gasteiger partial charge in [-0.05, 0) is 32.0 Å². The lowest BCUT2D eigenvalue weighted by Gasteiger charge is -2.41. The zero-order chi connectivity index (χ0) is 14.2. The van der Waals surface area contributed by atoms with Crippen molar-refractivity contribution in [2.45, 2.75) is 19.4 Å². The van der Waals surface area contributed by atoms with E-state index in [-0.39, 0.29) is 17.8 Å². The highest BCUT2D eigenvalue weighted by Crippen LogP contribution is 2.29. The second-order valence-electron chi connectivity index (χ2n) is 4.80. The Morgan fingerprint density at radius 1 is 1.42 bits per heavy atom. The molecular weight excluding hydrogens is 249 g/mol. The number of amides is 2. The summed E-state index contributed by atoms with van der Waals surface area (Å²) in [4.78, 5) is 24.6. The second-order valence-corrected chi connectivity index (χ2v) is 4.80. The number of nitrogens with one attached hydrogen (secondary N) is 1. The maximum absolute atomic E-state index is 14.0. The number of carbonyl (C=O) groups excluding carboxylic acids is 2. The minimum Gasteiger partial charge on any atom is -0.346 e. The highest BCUT2D eigenvalue weighted by Gasteiger charge is 2.41. The molecule has 0 aromatic heterocycles. The first-order valence-corrected chi connectivity index (χ1v) is 5.68. The molecule has 2 rings (SSSR count). The lowest BCUT2D eigenvalue weighted by molar-refractivity contribution is -0.135. The Morgan fingerprint density at radius 2 is 2.11 bits per heavy atom. The molecule has 1 aliphatic rings. The van der Waals surface area contributed by atoms with Gasteiger partial charge in [-0.25, -0.2) is 4.39 Å². The van der Waals surface area contributed by atoms with Crippen LogP contribution in [0.2, 0.25) is 0 Å². The first-order chi connectivity index (χ1) is 8.86. The Hall–Kier alpha value is -2.42. The van der Waals surface area contributed by atoms with Gasteiger partial charge in [-0.1, -0.05) is 0 Å². The van der Waals surface area contributed by atoms with Crippen LogP contribution in [0.25, 0.3) is 0 Å². The van der Waals surface area contributed by atoms with Gasteiger partial charge in [-0.3, -0.25) is 14.9 Å². The van der Waals surface area contributed by atoms with E-state index in [0.29, 0.717) is 0 Å². The number of benzene rings is 1. The Labute approximate surface area is 109 Å². The molecule has 0 bridgehead atoms. The molecular formula is C13H12FN3O2. The quantitative estimate of drug-likeness (QED) is 0.763. The van der Waals surface area contributed by atoms with Crippen molar-refractivity contribution in [3.05, 3.63) is 29.6 Å². The van der Waals surface area contributed by atoms with Crippen LogP contribution in [0.5, 0.6) is 0 Å². The molecule has 0 aliphatic carbocycles. The number of nitrogens with zero attached hydrogens (tertiary/aromatic N) is 2. The Kier molecular flexibility index (Phi) is 2.98. The first-order valence-electron chi connectivity index (χ1n) is 5.68. The minimum atomic E-state index is -1.04. The number of carbonyl (C=O) groups is 2. The summed E-state index contributed by atoms with van der Waals surface area (Å²) in [5, 5.41) is 10.9. The standard InChI is InChI=1S/C13H12FN3O2/c1-13(2)12(19)16-11(18)7-17(13)10-4-3-8(6-15)5-9(10)14/h3-5H,7H2,1-2H3,(H,16,18,19). The van der Waals surface area contributed by atoms with Crippen LogP contribution in [-0.2, 0) is 9.59 Å². The highest BCUT2D eigenvalue weighted by molar-refractivity contribution is 6.06. The summed E-state index contributed by atoms with van der Waals surface area (Å²) in [6.45, 7) is 3.10. The maximum atomic E-state index is 14.0. The molecule has 19 heavy (non-hydrogen) atoms. The van der Waals surface area contributed by atoms with Gasteiger partial charge in [-0.15, -0.1) is 0 Å². The molecule has 1 heterocycles. The van der Waals surface area contributed by atoms with E-state index in [4.69, 9.17) is 5.26 Å². The molecule has 0 saturated carbocycles. The van der Waals surface area contributed by atoms with Crippen molar-refractivity contribution in [3.63, 3.8) is 0 Å². The predicted octanol–water partition coefficient (Wildman–Crippen LogP) is 0.939. The number of rotatable bonds is 1. The fourth-order valence-electron chi connectivity index (χ4n) is 1.96. The predicted molar refractivity (Wildman–Crippen MR) is 65.7 cm³/mol. The van der Waals surface area contributed by atoms with E-state index in [1.807, 2.05) is 6.07 Å². The van der Waals surface area contributed by atoms with E-state index >= 15 is 0 Å². The minimum absolute atomic E-state index is 0.110. The summed E-state index contributed by atoms with van der Waals surface area (Å²) in [7, 11) is 0. The topological polar surface area (TPSA) is 73.2 Å². The summed E-state index contributed by atoms with van der Waals surface area (Å²) in [6, 6.07) is 5.77. The molecule has 1 fully saturated rings. The number of hydrogen-bond donors (Lipinski definition) is 1. The smallest absolute Gasteiger partial charge is 0.251 e. The molecule has 1 saturated heterocycles. The second kappa shape index (κ2) is 4.35. The number of halogens is 1. The summed E-state index contributed by atoms with van der Waals surface area (Å²) in [5.41, 5.74) is -0.720. The van der Waals surface area contributed by atoms with Crippen molar-refractivity contribution >= 4 is 17.5 Å². The fraction of sp³-hybridized carbons (Fsp3) is 0.308. The number of piperazine rings is 1. The first kappa shape index (κ1) is 13.0. The largest absolute Gasteiger partial charge is 0.346 e. The molecule has 0 spiro atoms. The van der Waals surface area contributed by atoms with Gasteiger partial charge in [-0.2, -0.15) is 5.26 Å². The molecule has 0 radical (unpaired) electrons. The Morgan fingerprint density at radius 3 is 2.68 bits per heavy atom. The maximum Gasteiger partial charge on any atom is 0.251 e. The normalized spacial score (nSPS) is 17.9. The number of hydrogen-bond acceptors (Lipinski definition) is 4. The van der Waals surface area contributed by atoms with Crippen LogP contribution in [0.1, 0.15) is 19.4 Å². The number of nitriles is 1. The van der Waals surface area contributed by atoms with E-state index in [9.17, 15) is 14.0 Å². The van der Waals surface area contributed by atoms with E-state index in [1.54, 1.807) is 13.8 Å². The Bertz CT molecular complexity index is 604. The third-order valence-corrected chi connectivity index (χ3v) is 3.15. The fourth-order valence-corrected chi connectivity index (χ4v) is 1.96. The molecule has 2 amide bonds. The molecule has 0 atom stereocenters. The van der Waals surface area contributed by atoms with Gasteiger partial charge in [0.15, 0.2) is 0 Å². The third kappa shape index (κ3) is 2.15. The number of imide groups is 1. The molecule has 1 N–H and O–H groups in total. The number of anilines is 1. The molecule has 0 unspecified atom stereocenters. The van der Waals surface area contributed by atoms with Gasteiger partial charge in [0, 0.05) is 0 Å². The summed E-state index contributed by atoms with van der Waals surface area (Å²) >= 11 is 0. The van der Waals surface area contributed by atoms with Crippen LogP contribution in [0, 0.1) is 17.1 Å². The van der Waals surface area contributed by atoms with E-state index in [1.165, 1.54) is 17.0 Å². The van der Waals surface area contributed by atoms with Gasteiger partial charge < -0.3 is 4.90 Å². The Balaban J connectivity index is 2.48. The van der Waals surface area contributed by atoms with Crippen LogP contribution in [-0.4, -0.2) is 23.9 Å². The molecule has 1 aromatic carbocycles. The van der Waals surface area contributed by atoms with Crippen molar-refractivity contribution in [1.82, 2.24) is 5.32 Å². The molecule has 5 nitrogen and oxygen atoms in total. The van der Waals surface area contributed by atoms with Crippen molar-refractivity contribution < 1.29 is 14.0 Å². The van der Waals surface area contributed by atoms with Gasteiger partial charge >= 0.3 is 0 Å².